The van der Waals surface area contributed by atoms with E-state index in [1.54, 1.807) is 0 Å². The Bertz CT molecular complexity index is 941. The van der Waals surface area contributed by atoms with Crippen molar-refractivity contribution in [2.45, 2.75) is 31.8 Å². The Morgan fingerprint density at radius 1 is 1.10 bits per heavy atom. The van der Waals surface area contributed by atoms with Crippen molar-refractivity contribution in [1.82, 2.24) is 30.1 Å². The molecular weight excluding hydrogens is 489 g/mol. The lowest BCUT2D eigenvalue weighted by Crippen LogP contribution is -2.45. The molecule has 160 valence electrons. The summed E-state index contributed by atoms with van der Waals surface area (Å²) in [5.74, 6) is 1.79. The van der Waals surface area contributed by atoms with E-state index < -0.39 is 0 Å². The maximum atomic E-state index is 4.37. The van der Waals surface area contributed by atoms with Crippen LogP contribution in [-0.2, 0) is 13.0 Å². The van der Waals surface area contributed by atoms with Crippen molar-refractivity contribution in [1.29, 1.82) is 0 Å². The highest BCUT2D eigenvalue weighted by Gasteiger charge is 2.24. The van der Waals surface area contributed by atoms with E-state index in [0.29, 0.717) is 6.04 Å². The molecule has 30 heavy (non-hydrogen) atoms. The molecule has 1 fully saturated rings. The number of nitrogens with zero attached hydrogens (tertiary/aromatic N) is 5. The summed E-state index contributed by atoms with van der Waals surface area (Å²) in [6, 6.07) is 17.2. The van der Waals surface area contributed by atoms with Gasteiger partial charge in [0.25, 0.3) is 0 Å². The predicted molar refractivity (Wildman–Crippen MR) is 131 cm³/mol. The Hall–Kier alpha value is -2.20. The fourth-order valence-corrected chi connectivity index (χ4v) is 3.94. The van der Waals surface area contributed by atoms with Gasteiger partial charge in [-0.25, -0.2) is 0 Å². The van der Waals surface area contributed by atoms with Crippen LogP contribution in [0.15, 0.2) is 59.7 Å². The van der Waals surface area contributed by atoms with E-state index in [-0.39, 0.29) is 24.0 Å². The van der Waals surface area contributed by atoms with Crippen LogP contribution in [0.4, 0.5) is 0 Å². The van der Waals surface area contributed by atoms with E-state index in [2.05, 4.69) is 61.1 Å². The van der Waals surface area contributed by atoms with Crippen LogP contribution in [0.1, 0.15) is 24.2 Å². The molecule has 8 heteroatoms. The predicted octanol–water partition coefficient (Wildman–Crippen LogP) is 2.72. The van der Waals surface area contributed by atoms with E-state index in [0.717, 1.165) is 50.0 Å². The molecule has 3 aromatic rings. The highest BCUT2D eigenvalue weighted by molar-refractivity contribution is 14.0. The molecule has 1 aromatic carbocycles. The Morgan fingerprint density at radius 3 is 2.77 bits per heavy atom. The summed E-state index contributed by atoms with van der Waals surface area (Å²) in [5, 5.41) is 15.4. The number of likely N-dealkylation sites (tertiary alicyclic amines) is 1. The topological polar surface area (TPSA) is 69.8 Å². The summed E-state index contributed by atoms with van der Waals surface area (Å²) >= 11 is 0. The standard InChI is InChI=1S/C22H29N7.HI/c1-23-22(24-13-12-21-27-26-20-11-5-6-15-29(20)21)25-16-19-10-7-14-28(19)17-18-8-3-2-4-9-18;/h2-6,8-9,11,15,19H,7,10,12-14,16-17H2,1H3,(H2,23,24,25);1H. The average Bonchev–Trinajstić information content (AvgIpc) is 3.38. The maximum absolute atomic E-state index is 4.37. The first-order valence-corrected chi connectivity index (χ1v) is 10.3. The number of rotatable bonds is 7. The van der Waals surface area contributed by atoms with Crippen LogP contribution >= 0.6 is 24.0 Å². The highest BCUT2D eigenvalue weighted by Crippen LogP contribution is 2.19. The molecule has 2 aromatic heterocycles. The minimum absolute atomic E-state index is 0. The molecule has 0 aliphatic carbocycles. The van der Waals surface area contributed by atoms with Gasteiger partial charge in [0, 0.05) is 45.3 Å². The van der Waals surface area contributed by atoms with Gasteiger partial charge in [-0.3, -0.25) is 14.3 Å². The van der Waals surface area contributed by atoms with Gasteiger partial charge >= 0.3 is 0 Å². The molecule has 1 saturated heterocycles. The number of aliphatic imine (C=N–C) groups is 1. The minimum atomic E-state index is 0. The van der Waals surface area contributed by atoms with Crippen LogP contribution in [-0.4, -0.2) is 58.2 Å². The number of guanidine groups is 1. The van der Waals surface area contributed by atoms with Gasteiger partial charge in [-0.05, 0) is 37.1 Å². The van der Waals surface area contributed by atoms with Crippen molar-refractivity contribution in [2.75, 3.05) is 26.7 Å². The summed E-state index contributed by atoms with van der Waals surface area (Å²) < 4.78 is 2.03. The first kappa shape index (κ1) is 22.5. The third-order valence-corrected chi connectivity index (χ3v) is 5.48. The van der Waals surface area contributed by atoms with E-state index in [9.17, 15) is 0 Å². The molecule has 1 aliphatic heterocycles. The zero-order valence-electron chi connectivity index (χ0n) is 17.4. The van der Waals surface area contributed by atoms with Gasteiger partial charge in [-0.1, -0.05) is 36.4 Å². The van der Waals surface area contributed by atoms with Crippen molar-refractivity contribution in [2.24, 2.45) is 4.99 Å². The quantitative estimate of drug-likeness (QED) is 0.286. The molecule has 0 spiro atoms. The lowest BCUT2D eigenvalue weighted by molar-refractivity contribution is 0.245. The second kappa shape index (κ2) is 11.3. The molecule has 1 unspecified atom stereocenters. The number of hydrogen-bond acceptors (Lipinski definition) is 4. The molecule has 1 aliphatic rings. The van der Waals surface area contributed by atoms with Crippen LogP contribution < -0.4 is 10.6 Å². The maximum Gasteiger partial charge on any atom is 0.191 e. The average molecular weight is 519 g/mol. The molecule has 0 radical (unpaired) electrons. The molecule has 2 N–H and O–H groups in total. The van der Waals surface area contributed by atoms with Gasteiger partial charge in [0.2, 0.25) is 0 Å². The lowest BCUT2D eigenvalue weighted by atomic mass is 10.2. The Balaban J connectivity index is 0.00000256. The number of hydrogen-bond donors (Lipinski definition) is 2. The van der Waals surface area contributed by atoms with Crippen LogP contribution in [0.25, 0.3) is 5.65 Å². The normalized spacial score (nSPS) is 17.1. The van der Waals surface area contributed by atoms with Crippen molar-refractivity contribution in [3.8, 4) is 0 Å². The lowest BCUT2D eigenvalue weighted by Gasteiger charge is -2.25. The summed E-state index contributed by atoms with van der Waals surface area (Å²) in [7, 11) is 1.82. The summed E-state index contributed by atoms with van der Waals surface area (Å²) in [4.78, 5) is 6.94. The second-order valence-electron chi connectivity index (χ2n) is 7.43. The number of aromatic nitrogens is 3. The number of nitrogens with one attached hydrogen (secondary N) is 2. The van der Waals surface area contributed by atoms with E-state index in [1.807, 2.05) is 35.8 Å². The number of benzene rings is 1. The van der Waals surface area contributed by atoms with Crippen LogP contribution in [0.3, 0.4) is 0 Å². The second-order valence-corrected chi connectivity index (χ2v) is 7.43. The molecule has 1 atom stereocenters. The Kier molecular flexibility index (Phi) is 8.44. The van der Waals surface area contributed by atoms with Crippen LogP contribution in [0, 0.1) is 0 Å². The largest absolute Gasteiger partial charge is 0.356 e. The molecule has 0 saturated carbocycles. The van der Waals surface area contributed by atoms with Gasteiger partial charge < -0.3 is 10.6 Å². The summed E-state index contributed by atoms with van der Waals surface area (Å²) in [6.07, 6.45) is 5.27. The van der Waals surface area contributed by atoms with Gasteiger partial charge in [0.1, 0.15) is 5.82 Å². The number of pyridine rings is 1. The third-order valence-electron chi connectivity index (χ3n) is 5.48. The first-order chi connectivity index (χ1) is 14.3. The molecule has 7 nitrogen and oxygen atoms in total. The van der Waals surface area contributed by atoms with Gasteiger partial charge in [0.15, 0.2) is 11.6 Å². The highest BCUT2D eigenvalue weighted by atomic mass is 127. The fourth-order valence-electron chi connectivity index (χ4n) is 3.94. The molecule has 4 rings (SSSR count). The van der Waals surface area contributed by atoms with Gasteiger partial charge in [-0.2, -0.15) is 0 Å². The zero-order valence-corrected chi connectivity index (χ0v) is 19.7. The van der Waals surface area contributed by atoms with Crippen molar-refractivity contribution in [3.05, 3.63) is 66.1 Å². The van der Waals surface area contributed by atoms with E-state index in [1.165, 1.54) is 18.4 Å². The number of fused-ring (bicyclic) bond motifs is 1. The molecule has 3 heterocycles. The van der Waals surface area contributed by atoms with Crippen molar-refractivity contribution >= 4 is 35.6 Å². The zero-order chi connectivity index (χ0) is 19.9. The van der Waals surface area contributed by atoms with E-state index in [4.69, 9.17) is 0 Å². The van der Waals surface area contributed by atoms with Crippen molar-refractivity contribution < 1.29 is 0 Å². The molecular formula is C22H30IN7. The molecule has 0 amide bonds. The van der Waals surface area contributed by atoms with E-state index >= 15 is 0 Å². The Labute approximate surface area is 195 Å². The smallest absolute Gasteiger partial charge is 0.191 e. The summed E-state index contributed by atoms with van der Waals surface area (Å²) in [5.41, 5.74) is 2.26. The SMILES string of the molecule is CN=C(NCCc1nnc2ccccn12)NCC1CCCN1Cc1ccccc1.I. The third kappa shape index (κ3) is 5.69. The monoisotopic (exact) mass is 519 g/mol. The minimum Gasteiger partial charge on any atom is -0.356 e. The Morgan fingerprint density at radius 2 is 1.93 bits per heavy atom. The number of halogens is 1. The first-order valence-electron chi connectivity index (χ1n) is 10.3. The summed E-state index contributed by atoms with van der Waals surface area (Å²) in [6.45, 7) is 3.83. The van der Waals surface area contributed by atoms with Gasteiger partial charge in [0.05, 0.1) is 0 Å². The molecule has 0 bridgehead atoms. The van der Waals surface area contributed by atoms with Gasteiger partial charge in [-0.15, -0.1) is 34.2 Å². The van der Waals surface area contributed by atoms with Crippen molar-refractivity contribution in [3.63, 3.8) is 0 Å². The van der Waals surface area contributed by atoms with Crippen LogP contribution in [0.5, 0.6) is 0 Å². The van der Waals surface area contributed by atoms with Crippen LogP contribution in [0.2, 0.25) is 0 Å². The fraction of sp³-hybridized carbons (Fsp3) is 0.409.